The maximum absolute atomic E-state index is 12.4. The Hall–Kier alpha value is -3.05. The first-order valence-electron chi connectivity index (χ1n) is 8.00. The number of rotatable bonds is 5. The third kappa shape index (κ3) is 4.32. The lowest BCUT2D eigenvalue weighted by Crippen LogP contribution is -2.13. The van der Waals surface area contributed by atoms with Gasteiger partial charge in [0.05, 0.1) is 12.7 Å². The van der Waals surface area contributed by atoms with E-state index >= 15 is 0 Å². The lowest BCUT2D eigenvalue weighted by Gasteiger charge is -2.10. The van der Waals surface area contributed by atoms with Crippen molar-refractivity contribution in [3.8, 4) is 5.75 Å². The van der Waals surface area contributed by atoms with Gasteiger partial charge in [-0.05, 0) is 67.1 Å². The Labute approximate surface area is 157 Å². The highest BCUT2D eigenvalue weighted by Crippen LogP contribution is 2.21. The number of hydrogen-bond donors (Lipinski definition) is 2. The molecule has 1 aromatic heterocycles. The monoisotopic (exact) mass is 367 g/mol. The van der Waals surface area contributed by atoms with Gasteiger partial charge in [0, 0.05) is 22.6 Å². The van der Waals surface area contributed by atoms with Gasteiger partial charge in [-0.3, -0.25) is 4.79 Å². The molecule has 0 fully saturated rings. The van der Waals surface area contributed by atoms with Crippen LogP contribution < -0.4 is 15.4 Å². The first-order chi connectivity index (χ1) is 12.5. The summed E-state index contributed by atoms with van der Waals surface area (Å²) in [6, 6.07) is 16.3. The summed E-state index contributed by atoms with van der Waals surface area (Å²) in [5, 5.41) is 6.67. The Kier molecular flexibility index (Phi) is 5.39. The zero-order valence-corrected chi connectivity index (χ0v) is 15.2. The van der Waals surface area contributed by atoms with Crippen LogP contribution in [0.25, 0.3) is 0 Å². The molecule has 0 spiro atoms. The number of carbonyl (C=O) groups excluding carboxylic acids is 1. The largest absolute Gasteiger partial charge is 0.497 e. The molecule has 2 aromatic carbocycles. The zero-order valence-electron chi connectivity index (χ0n) is 14.4. The fourth-order valence-corrected chi connectivity index (χ4v) is 2.61. The molecule has 0 aliphatic rings. The molecule has 3 aromatic rings. The molecule has 6 heteroatoms. The summed E-state index contributed by atoms with van der Waals surface area (Å²) >= 11 is 5.93. The molecule has 0 aliphatic heterocycles. The second-order valence-corrected chi connectivity index (χ2v) is 6.14. The predicted molar refractivity (Wildman–Crippen MR) is 105 cm³/mol. The number of aryl methyl sites for hydroxylation is 1. The Morgan fingerprint density at radius 3 is 2.46 bits per heavy atom. The third-order valence-corrected chi connectivity index (χ3v) is 4.06. The van der Waals surface area contributed by atoms with E-state index in [0.29, 0.717) is 16.4 Å². The minimum atomic E-state index is -0.223. The van der Waals surface area contributed by atoms with Gasteiger partial charge in [0.1, 0.15) is 11.6 Å². The van der Waals surface area contributed by atoms with Crippen molar-refractivity contribution in [1.29, 1.82) is 0 Å². The van der Waals surface area contributed by atoms with Crippen molar-refractivity contribution in [3.05, 3.63) is 76.9 Å². The zero-order chi connectivity index (χ0) is 18.5. The van der Waals surface area contributed by atoms with Crippen LogP contribution in [0.1, 0.15) is 15.9 Å². The molecular weight excluding hydrogens is 350 g/mol. The van der Waals surface area contributed by atoms with Gasteiger partial charge >= 0.3 is 0 Å². The lowest BCUT2D eigenvalue weighted by atomic mass is 10.2. The van der Waals surface area contributed by atoms with E-state index in [-0.39, 0.29) is 5.91 Å². The van der Waals surface area contributed by atoms with Crippen LogP contribution in [0.2, 0.25) is 5.02 Å². The van der Waals surface area contributed by atoms with Crippen LogP contribution in [0.4, 0.5) is 17.2 Å². The summed E-state index contributed by atoms with van der Waals surface area (Å²) in [6.45, 7) is 1.89. The van der Waals surface area contributed by atoms with Gasteiger partial charge in [-0.1, -0.05) is 11.6 Å². The quantitative estimate of drug-likeness (QED) is 0.662. The van der Waals surface area contributed by atoms with Gasteiger partial charge in [0.2, 0.25) is 0 Å². The Balaban J connectivity index is 1.67. The van der Waals surface area contributed by atoms with Crippen molar-refractivity contribution in [2.24, 2.45) is 0 Å². The van der Waals surface area contributed by atoms with E-state index in [0.717, 1.165) is 22.7 Å². The van der Waals surface area contributed by atoms with Crippen LogP contribution in [-0.2, 0) is 0 Å². The molecule has 26 heavy (non-hydrogen) atoms. The topological polar surface area (TPSA) is 63.2 Å². The molecule has 0 saturated heterocycles. The number of nitrogens with zero attached hydrogens (tertiary/aromatic N) is 1. The van der Waals surface area contributed by atoms with Crippen LogP contribution in [0.3, 0.4) is 0 Å². The highest BCUT2D eigenvalue weighted by atomic mass is 35.5. The summed E-state index contributed by atoms with van der Waals surface area (Å²) in [5.74, 6) is 1.21. The number of pyridine rings is 1. The van der Waals surface area contributed by atoms with E-state index in [2.05, 4.69) is 15.6 Å². The van der Waals surface area contributed by atoms with Crippen molar-refractivity contribution < 1.29 is 9.53 Å². The van der Waals surface area contributed by atoms with E-state index in [1.54, 1.807) is 37.4 Å². The second kappa shape index (κ2) is 7.89. The first-order valence-corrected chi connectivity index (χ1v) is 8.37. The number of nitrogens with one attached hydrogen (secondary N) is 2. The van der Waals surface area contributed by atoms with E-state index in [9.17, 15) is 4.79 Å². The standard InChI is InChI=1S/C20H18ClN3O2/c1-13-11-15(21)4-9-18(13)24-20(25)14-3-10-19(22-12-14)23-16-5-7-17(26-2)8-6-16/h3-12H,1-2H3,(H,22,23)(H,24,25). The second-order valence-electron chi connectivity index (χ2n) is 5.70. The summed E-state index contributed by atoms with van der Waals surface area (Å²) in [5.41, 5.74) is 2.98. The molecule has 1 amide bonds. The molecule has 1 heterocycles. The molecule has 0 saturated carbocycles. The normalized spacial score (nSPS) is 10.3. The minimum absolute atomic E-state index is 0.223. The molecule has 0 unspecified atom stereocenters. The van der Waals surface area contributed by atoms with Gasteiger partial charge in [0.25, 0.3) is 5.91 Å². The maximum Gasteiger partial charge on any atom is 0.257 e. The summed E-state index contributed by atoms with van der Waals surface area (Å²) < 4.78 is 5.13. The maximum atomic E-state index is 12.4. The smallest absolute Gasteiger partial charge is 0.257 e. The van der Waals surface area contributed by atoms with E-state index in [4.69, 9.17) is 16.3 Å². The summed E-state index contributed by atoms with van der Waals surface area (Å²) in [4.78, 5) is 16.7. The van der Waals surface area contributed by atoms with E-state index in [1.165, 1.54) is 6.20 Å². The number of amides is 1. The van der Waals surface area contributed by atoms with Gasteiger partial charge in [-0.2, -0.15) is 0 Å². The molecule has 0 atom stereocenters. The van der Waals surface area contributed by atoms with Crippen molar-refractivity contribution in [2.45, 2.75) is 6.92 Å². The molecule has 132 valence electrons. The van der Waals surface area contributed by atoms with Crippen molar-refractivity contribution in [3.63, 3.8) is 0 Å². The van der Waals surface area contributed by atoms with Crippen LogP contribution in [0, 0.1) is 6.92 Å². The number of ether oxygens (including phenoxy) is 1. The first kappa shape index (κ1) is 17.8. The highest BCUT2D eigenvalue weighted by molar-refractivity contribution is 6.30. The molecule has 0 bridgehead atoms. The van der Waals surface area contributed by atoms with E-state index < -0.39 is 0 Å². The third-order valence-electron chi connectivity index (χ3n) is 3.82. The van der Waals surface area contributed by atoms with Gasteiger partial charge in [-0.25, -0.2) is 4.98 Å². The van der Waals surface area contributed by atoms with Crippen molar-refractivity contribution >= 4 is 34.7 Å². The number of carbonyl (C=O) groups is 1. The van der Waals surface area contributed by atoms with Crippen LogP contribution >= 0.6 is 11.6 Å². The predicted octanol–water partition coefficient (Wildman–Crippen LogP) is 5.05. The minimum Gasteiger partial charge on any atom is -0.497 e. The Morgan fingerprint density at radius 2 is 1.85 bits per heavy atom. The van der Waals surface area contributed by atoms with Gasteiger partial charge < -0.3 is 15.4 Å². The van der Waals surface area contributed by atoms with Crippen LogP contribution in [0.15, 0.2) is 60.8 Å². The average molecular weight is 368 g/mol. The van der Waals surface area contributed by atoms with Crippen molar-refractivity contribution in [1.82, 2.24) is 4.98 Å². The molecular formula is C20H18ClN3O2. The van der Waals surface area contributed by atoms with Gasteiger partial charge in [0.15, 0.2) is 0 Å². The summed E-state index contributed by atoms with van der Waals surface area (Å²) in [6.07, 6.45) is 1.53. The number of aromatic nitrogens is 1. The number of methoxy groups -OCH3 is 1. The van der Waals surface area contributed by atoms with Crippen molar-refractivity contribution in [2.75, 3.05) is 17.7 Å². The lowest BCUT2D eigenvalue weighted by molar-refractivity contribution is 0.102. The molecule has 0 radical (unpaired) electrons. The molecule has 3 rings (SSSR count). The number of anilines is 3. The van der Waals surface area contributed by atoms with Crippen LogP contribution in [-0.4, -0.2) is 18.0 Å². The van der Waals surface area contributed by atoms with Crippen LogP contribution in [0.5, 0.6) is 5.75 Å². The Bertz CT molecular complexity index is 909. The highest BCUT2D eigenvalue weighted by Gasteiger charge is 2.09. The molecule has 0 aliphatic carbocycles. The Morgan fingerprint density at radius 1 is 1.08 bits per heavy atom. The molecule has 2 N–H and O–H groups in total. The fraction of sp³-hybridized carbons (Fsp3) is 0.100. The average Bonchev–Trinajstić information content (AvgIpc) is 2.65. The fourth-order valence-electron chi connectivity index (χ4n) is 2.39. The SMILES string of the molecule is COc1ccc(Nc2ccc(C(=O)Nc3ccc(Cl)cc3C)cn2)cc1. The van der Waals surface area contributed by atoms with Gasteiger partial charge in [-0.15, -0.1) is 0 Å². The summed E-state index contributed by atoms with van der Waals surface area (Å²) in [7, 11) is 1.62. The number of hydrogen-bond acceptors (Lipinski definition) is 4. The number of halogens is 1. The van der Waals surface area contributed by atoms with E-state index in [1.807, 2.05) is 31.2 Å². The molecule has 5 nitrogen and oxygen atoms in total. The number of benzene rings is 2.